The SMILES string of the molecule is O=C(CSc1nnc(-c2ccccc2Cl)o1)Nc1cccc(F)c1. The number of hydrogen-bond donors (Lipinski definition) is 1. The number of thioether (sulfide) groups is 1. The van der Waals surface area contributed by atoms with Gasteiger partial charge in [-0.15, -0.1) is 10.2 Å². The second kappa shape index (κ2) is 7.46. The van der Waals surface area contributed by atoms with Gasteiger partial charge in [-0.3, -0.25) is 4.79 Å². The number of aromatic nitrogens is 2. The number of halogens is 2. The lowest BCUT2D eigenvalue weighted by Gasteiger charge is -2.03. The molecule has 0 unspecified atom stereocenters. The van der Waals surface area contributed by atoms with Gasteiger partial charge < -0.3 is 9.73 Å². The molecule has 0 radical (unpaired) electrons. The first-order chi connectivity index (χ1) is 11.6. The lowest BCUT2D eigenvalue weighted by atomic mass is 10.2. The van der Waals surface area contributed by atoms with Crippen molar-refractivity contribution < 1.29 is 13.6 Å². The molecule has 122 valence electrons. The highest BCUT2D eigenvalue weighted by Crippen LogP contribution is 2.28. The number of carbonyl (C=O) groups is 1. The van der Waals surface area contributed by atoms with Gasteiger partial charge in [-0.25, -0.2) is 4.39 Å². The Morgan fingerprint density at radius 1 is 1.21 bits per heavy atom. The minimum Gasteiger partial charge on any atom is -0.411 e. The second-order valence-electron chi connectivity index (χ2n) is 4.70. The van der Waals surface area contributed by atoms with Crippen molar-refractivity contribution in [2.45, 2.75) is 5.22 Å². The fourth-order valence-corrected chi connectivity index (χ4v) is 2.68. The van der Waals surface area contributed by atoms with Gasteiger partial charge in [0, 0.05) is 5.69 Å². The van der Waals surface area contributed by atoms with Gasteiger partial charge >= 0.3 is 0 Å². The van der Waals surface area contributed by atoms with E-state index in [0.717, 1.165) is 11.8 Å². The van der Waals surface area contributed by atoms with Crippen LogP contribution in [0.3, 0.4) is 0 Å². The number of anilines is 1. The number of hydrogen-bond acceptors (Lipinski definition) is 5. The zero-order valence-electron chi connectivity index (χ0n) is 12.2. The summed E-state index contributed by atoms with van der Waals surface area (Å²) in [5.74, 6) is -0.376. The largest absolute Gasteiger partial charge is 0.411 e. The Hall–Kier alpha value is -2.38. The van der Waals surface area contributed by atoms with Crippen LogP contribution in [0.25, 0.3) is 11.5 Å². The van der Waals surface area contributed by atoms with Crippen LogP contribution in [0.15, 0.2) is 58.2 Å². The van der Waals surface area contributed by atoms with Crippen molar-refractivity contribution >= 4 is 35.0 Å². The Balaban J connectivity index is 1.59. The molecule has 5 nitrogen and oxygen atoms in total. The summed E-state index contributed by atoms with van der Waals surface area (Å²) in [7, 11) is 0. The molecule has 8 heteroatoms. The molecule has 0 aliphatic carbocycles. The Bertz CT molecular complexity index is 872. The zero-order valence-corrected chi connectivity index (χ0v) is 13.8. The van der Waals surface area contributed by atoms with E-state index in [-0.39, 0.29) is 22.8 Å². The molecule has 0 aliphatic heterocycles. The molecule has 1 aromatic heterocycles. The van der Waals surface area contributed by atoms with Crippen LogP contribution < -0.4 is 5.32 Å². The Morgan fingerprint density at radius 2 is 2.04 bits per heavy atom. The van der Waals surface area contributed by atoms with Crippen LogP contribution in [0.4, 0.5) is 10.1 Å². The topological polar surface area (TPSA) is 68.0 Å². The summed E-state index contributed by atoms with van der Waals surface area (Å²) in [5.41, 5.74) is 1.02. The van der Waals surface area contributed by atoms with Crippen LogP contribution >= 0.6 is 23.4 Å². The van der Waals surface area contributed by atoms with Crippen molar-refractivity contribution in [3.8, 4) is 11.5 Å². The fourth-order valence-electron chi connectivity index (χ4n) is 1.90. The Labute approximate surface area is 146 Å². The number of nitrogens with zero attached hydrogens (tertiary/aromatic N) is 2. The number of benzene rings is 2. The van der Waals surface area contributed by atoms with E-state index in [1.54, 1.807) is 24.3 Å². The molecular formula is C16H11ClFN3O2S. The number of nitrogens with one attached hydrogen (secondary N) is 1. The van der Waals surface area contributed by atoms with E-state index in [0.29, 0.717) is 16.3 Å². The molecule has 0 spiro atoms. The maximum Gasteiger partial charge on any atom is 0.277 e. The van der Waals surface area contributed by atoms with Gasteiger partial charge in [0.2, 0.25) is 11.8 Å². The highest BCUT2D eigenvalue weighted by Gasteiger charge is 2.13. The average Bonchev–Trinajstić information content (AvgIpc) is 3.02. The van der Waals surface area contributed by atoms with E-state index in [4.69, 9.17) is 16.0 Å². The molecule has 2 aromatic carbocycles. The van der Waals surface area contributed by atoms with Crippen molar-refractivity contribution in [3.05, 3.63) is 59.4 Å². The minimum atomic E-state index is -0.415. The highest BCUT2D eigenvalue weighted by atomic mass is 35.5. The summed E-state index contributed by atoms with van der Waals surface area (Å²) in [5, 5.41) is 11.1. The van der Waals surface area contributed by atoms with Gasteiger partial charge in [0.15, 0.2) is 0 Å². The van der Waals surface area contributed by atoms with Crippen LogP contribution in [0.1, 0.15) is 0 Å². The molecule has 0 saturated heterocycles. The van der Waals surface area contributed by atoms with E-state index >= 15 is 0 Å². The van der Waals surface area contributed by atoms with E-state index < -0.39 is 5.82 Å². The van der Waals surface area contributed by atoms with Gasteiger partial charge in [0.25, 0.3) is 5.22 Å². The first-order valence-corrected chi connectivity index (χ1v) is 8.25. The molecule has 0 bridgehead atoms. The third-order valence-corrected chi connectivity index (χ3v) is 4.09. The quantitative estimate of drug-likeness (QED) is 0.686. The smallest absolute Gasteiger partial charge is 0.277 e. The van der Waals surface area contributed by atoms with Crippen LogP contribution in [-0.2, 0) is 4.79 Å². The molecule has 1 heterocycles. The molecular weight excluding hydrogens is 353 g/mol. The predicted molar refractivity (Wildman–Crippen MR) is 90.5 cm³/mol. The average molecular weight is 364 g/mol. The fraction of sp³-hybridized carbons (Fsp3) is 0.0625. The van der Waals surface area contributed by atoms with Crippen LogP contribution in [0.2, 0.25) is 5.02 Å². The van der Waals surface area contributed by atoms with Crippen molar-refractivity contribution in [2.75, 3.05) is 11.1 Å². The summed E-state index contributed by atoms with van der Waals surface area (Å²) >= 11 is 7.15. The highest BCUT2D eigenvalue weighted by molar-refractivity contribution is 7.99. The minimum absolute atomic E-state index is 0.0562. The van der Waals surface area contributed by atoms with E-state index in [2.05, 4.69) is 15.5 Å². The molecule has 24 heavy (non-hydrogen) atoms. The van der Waals surface area contributed by atoms with Crippen molar-refractivity contribution in [2.24, 2.45) is 0 Å². The van der Waals surface area contributed by atoms with Crippen LogP contribution in [-0.4, -0.2) is 21.9 Å². The standard InChI is InChI=1S/C16H11ClFN3O2S/c17-13-7-2-1-6-12(13)15-20-21-16(23-15)24-9-14(22)19-11-5-3-4-10(18)8-11/h1-8H,9H2,(H,19,22). The first kappa shape index (κ1) is 16.5. The maximum absolute atomic E-state index is 13.1. The van der Waals surface area contributed by atoms with Crippen LogP contribution in [0, 0.1) is 5.82 Å². The van der Waals surface area contributed by atoms with Gasteiger partial charge in [0.05, 0.1) is 16.3 Å². The van der Waals surface area contributed by atoms with Crippen molar-refractivity contribution in [1.82, 2.24) is 10.2 Å². The molecule has 3 rings (SSSR count). The molecule has 0 atom stereocenters. The van der Waals surface area contributed by atoms with Gasteiger partial charge in [-0.1, -0.05) is 41.6 Å². The first-order valence-electron chi connectivity index (χ1n) is 6.88. The lowest BCUT2D eigenvalue weighted by molar-refractivity contribution is -0.113. The second-order valence-corrected chi connectivity index (χ2v) is 6.03. The predicted octanol–water partition coefficient (Wildman–Crippen LogP) is 4.26. The maximum atomic E-state index is 13.1. The molecule has 1 N–H and O–H groups in total. The number of rotatable bonds is 5. The normalized spacial score (nSPS) is 10.6. The van der Waals surface area contributed by atoms with Crippen molar-refractivity contribution in [1.29, 1.82) is 0 Å². The molecule has 1 amide bonds. The molecule has 0 fully saturated rings. The van der Waals surface area contributed by atoms with Crippen molar-refractivity contribution in [3.63, 3.8) is 0 Å². The third kappa shape index (κ3) is 4.12. The summed E-state index contributed by atoms with van der Waals surface area (Å²) in [6, 6.07) is 12.8. The van der Waals surface area contributed by atoms with Crippen LogP contribution in [0.5, 0.6) is 0 Å². The third-order valence-electron chi connectivity index (χ3n) is 2.95. The monoisotopic (exact) mass is 363 g/mol. The number of amides is 1. The van der Waals surface area contributed by atoms with Gasteiger partial charge in [0.1, 0.15) is 5.82 Å². The molecule has 3 aromatic rings. The molecule has 0 saturated carbocycles. The Kier molecular flexibility index (Phi) is 5.12. The summed E-state index contributed by atoms with van der Waals surface area (Å²) < 4.78 is 18.6. The summed E-state index contributed by atoms with van der Waals surface area (Å²) in [6.45, 7) is 0. The number of carbonyl (C=O) groups excluding carboxylic acids is 1. The molecule has 0 aliphatic rings. The lowest BCUT2D eigenvalue weighted by Crippen LogP contribution is -2.14. The van der Waals surface area contributed by atoms with E-state index in [9.17, 15) is 9.18 Å². The van der Waals surface area contributed by atoms with E-state index in [1.165, 1.54) is 18.2 Å². The summed E-state index contributed by atoms with van der Waals surface area (Å²) in [4.78, 5) is 11.9. The summed E-state index contributed by atoms with van der Waals surface area (Å²) in [6.07, 6.45) is 0. The Morgan fingerprint density at radius 3 is 2.83 bits per heavy atom. The van der Waals surface area contributed by atoms with E-state index in [1.807, 2.05) is 6.07 Å². The zero-order chi connectivity index (χ0) is 16.9. The van der Waals surface area contributed by atoms with Gasteiger partial charge in [-0.2, -0.15) is 0 Å². The van der Waals surface area contributed by atoms with Gasteiger partial charge in [-0.05, 0) is 30.3 Å².